The number of aliphatic hydroxyl groups is 1. The molecule has 2 aromatic rings. The summed E-state index contributed by atoms with van der Waals surface area (Å²) in [5, 5.41) is 12.7. The van der Waals surface area contributed by atoms with Crippen molar-refractivity contribution in [3.63, 3.8) is 0 Å². The van der Waals surface area contributed by atoms with E-state index < -0.39 is 10.0 Å². The molecule has 0 fully saturated rings. The van der Waals surface area contributed by atoms with Crippen LogP contribution < -0.4 is 4.72 Å². The maximum atomic E-state index is 11.9. The lowest BCUT2D eigenvalue weighted by molar-refractivity contribution is 0.236. The van der Waals surface area contributed by atoms with Gasteiger partial charge in [0.05, 0.1) is 6.20 Å². The van der Waals surface area contributed by atoms with Gasteiger partial charge in [0, 0.05) is 24.8 Å². The zero-order valence-corrected chi connectivity index (χ0v) is 11.4. The van der Waals surface area contributed by atoms with E-state index in [2.05, 4.69) is 9.82 Å². The molecule has 0 radical (unpaired) electrons. The topological polar surface area (TPSA) is 97.4 Å². The van der Waals surface area contributed by atoms with Gasteiger partial charge < -0.3 is 9.52 Å². The quantitative estimate of drug-likeness (QED) is 0.823. The Labute approximate surface area is 110 Å². The van der Waals surface area contributed by atoms with Gasteiger partial charge in [0.25, 0.3) is 10.0 Å². The van der Waals surface area contributed by atoms with Gasteiger partial charge in [-0.15, -0.1) is 0 Å². The fourth-order valence-corrected chi connectivity index (χ4v) is 2.50. The molecule has 19 heavy (non-hydrogen) atoms. The Morgan fingerprint density at radius 2 is 2.21 bits per heavy atom. The lowest BCUT2D eigenvalue weighted by Gasteiger charge is -2.04. The summed E-state index contributed by atoms with van der Waals surface area (Å²) in [4.78, 5) is 0. The lowest BCUT2D eigenvalue weighted by Crippen LogP contribution is -2.23. The van der Waals surface area contributed by atoms with E-state index >= 15 is 0 Å². The van der Waals surface area contributed by atoms with E-state index in [0.29, 0.717) is 0 Å². The van der Waals surface area contributed by atoms with Crippen molar-refractivity contribution in [3.8, 4) is 0 Å². The highest BCUT2D eigenvalue weighted by molar-refractivity contribution is 7.89. The molecule has 0 saturated carbocycles. The molecule has 0 aliphatic heterocycles. The highest BCUT2D eigenvalue weighted by Crippen LogP contribution is 2.14. The molecule has 2 heterocycles. The monoisotopic (exact) mass is 285 g/mol. The lowest BCUT2D eigenvalue weighted by atomic mass is 10.3. The van der Waals surface area contributed by atoms with Crippen LogP contribution in [-0.4, -0.2) is 23.3 Å². The number of sulfonamides is 1. The van der Waals surface area contributed by atoms with Crippen LogP contribution in [0.5, 0.6) is 0 Å². The van der Waals surface area contributed by atoms with Gasteiger partial charge >= 0.3 is 0 Å². The molecule has 7 nitrogen and oxygen atoms in total. The van der Waals surface area contributed by atoms with Gasteiger partial charge in [-0.2, -0.15) is 5.10 Å². The van der Waals surface area contributed by atoms with E-state index in [1.807, 2.05) is 6.92 Å². The molecule has 2 N–H and O–H groups in total. The van der Waals surface area contributed by atoms with Gasteiger partial charge in [0.1, 0.15) is 12.4 Å². The minimum absolute atomic E-state index is 0.136. The fraction of sp³-hybridized carbons (Fsp3) is 0.364. The molecule has 0 saturated heterocycles. The van der Waals surface area contributed by atoms with Crippen molar-refractivity contribution in [1.82, 2.24) is 14.5 Å². The van der Waals surface area contributed by atoms with Crippen LogP contribution >= 0.6 is 0 Å². The number of aromatic nitrogens is 2. The summed E-state index contributed by atoms with van der Waals surface area (Å²) in [6, 6.07) is 2.73. The molecule has 0 unspecified atom stereocenters. The summed E-state index contributed by atoms with van der Waals surface area (Å²) < 4.78 is 33.0. The highest BCUT2D eigenvalue weighted by atomic mass is 32.2. The van der Waals surface area contributed by atoms with Crippen LogP contribution in [0.2, 0.25) is 0 Å². The van der Waals surface area contributed by atoms with Crippen LogP contribution in [0.4, 0.5) is 0 Å². The molecule has 0 spiro atoms. The predicted molar refractivity (Wildman–Crippen MR) is 66.6 cm³/mol. The fourth-order valence-electron chi connectivity index (χ4n) is 1.55. The van der Waals surface area contributed by atoms with Crippen LogP contribution in [-0.2, 0) is 30.2 Å². The van der Waals surface area contributed by atoms with Crippen molar-refractivity contribution in [2.75, 3.05) is 0 Å². The van der Waals surface area contributed by atoms with Crippen LogP contribution in [0, 0.1) is 6.92 Å². The third kappa shape index (κ3) is 2.86. The van der Waals surface area contributed by atoms with Crippen LogP contribution in [0.15, 0.2) is 27.8 Å². The van der Waals surface area contributed by atoms with Gasteiger partial charge in [-0.05, 0) is 19.1 Å². The van der Waals surface area contributed by atoms with Gasteiger partial charge in [-0.1, -0.05) is 0 Å². The number of nitrogens with one attached hydrogen (secondary N) is 1. The Morgan fingerprint density at radius 3 is 2.74 bits per heavy atom. The summed E-state index contributed by atoms with van der Waals surface area (Å²) in [7, 11) is -1.93. The Hall–Kier alpha value is -1.64. The predicted octanol–water partition coefficient (Wildman–Crippen LogP) is 0.292. The van der Waals surface area contributed by atoms with Crippen LogP contribution in [0.1, 0.15) is 17.0 Å². The summed E-state index contributed by atoms with van der Waals surface area (Å²) in [5.74, 6) is 0.206. The van der Waals surface area contributed by atoms with E-state index in [1.165, 1.54) is 12.1 Å². The number of nitrogens with zero attached hydrogens (tertiary/aromatic N) is 2. The number of rotatable bonds is 5. The summed E-state index contributed by atoms with van der Waals surface area (Å²) >= 11 is 0. The van der Waals surface area contributed by atoms with Crippen LogP contribution in [0.25, 0.3) is 0 Å². The number of furan rings is 1. The highest BCUT2D eigenvalue weighted by Gasteiger charge is 2.19. The van der Waals surface area contributed by atoms with Crippen molar-refractivity contribution in [3.05, 3.63) is 35.3 Å². The number of aliphatic hydroxyl groups excluding tert-OH is 1. The van der Waals surface area contributed by atoms with Gasteiger partial charge in [0.2, 0.25) is 5.09 Å². The minimum atomic E-state index is -3.72. The van der Waals surface area contributed by atoms with Crippen molar-refractivity contribution in [2.24, 2.45) is 7.05 Å². The SMILES string of the molecule is Cc1c(CNS(=O)(=O)c2ccc(CO)o2)cnn1C. The number of hydrogen-bond acceptors (Lipinski definition) is 5. The Kier molecular flexibility index (Phi) is 3.74. The molecule has 2 rings (SSSR count). The van der Waals surface area contributed by atoms with Gasteiger partial charge in [-0.3, -0.25) is 4.68 Å². The molecule has 2 aromatic heterocycles. The van der Waals surface area contributed by atoms with E-state index in [9.17, 15) is 8.42 Å². The Morgan fingerprint density at radius 1 is 1.47 bits per heavy atom. The zero-order valence-electron chi connectivity index (χ0n) is 10.6. The first-order chi connectivity index (χ1) is 8.94. The zero-order chi connectivity index (χ0) is 14.0. The normalized spacial score (nSPS) is 11.9. The van der Waals surface area contributed by atoms with Crippen LogP contribution in [0.3, 0.4) is 0 Å². The third-order valence-electron chi connectivity index (χ3n) is 2.85. The number of aryl methyl sites for hydroxylation is 1. The summed E-state index contributed by atoms with van der Waals surface area (Å²) in [5.41, 5.74) is 1.68. The largest absolute Gasteiger partial charge is 0.446 e. The average molecular weight is 285 g/mol. The first-order valence-electron chi connectivity index (χ1n) is 5.61. The maximum Gasteiger partial charge on any atom is 0.274 e. The van der Waals surface area contributed by atoms with Crippen molar-refractivity contribution < 1.29 is 17.9 Å². The standard InChI is InChI=1S/C11H15N3O4S/c1-8-9(5-12-14(8)2)6-13-19(16,17)11-4-3-10(7-15)18-11/h3-5,13,15H,6-7H2,1-2H3. The second-order valence-electron chi connectivity index (χ2n) is 4.08. The van der Waals surface area contributed by atoms with Gasteiger partial charge in [0.15, 0.2) is 0 Å². The van der Waals surface area contributed by atoms with E-state index in [4.69, 9.17) is 9.52 Å². The second-order valence-corrected chi connectivity index (χ2v) is 5.78. The Bertz CT molecular complexity index is 672. The molecule has 0 aliphatic carbocycles. The number of hydrogen-bond donors (Lipinski definition) is 2. The maximum absolute atomic E-state index is 11.9. The van der Waals surface area contributed by atoms with Gasteiger partial charge in [-0.25, -0.2) is 13.1 Å². The minimum Gasteiger partial charge on any atom is -0.446 e. The van der Waals surface area contributed by atoms with Crippen molar-refractivity contribution in [1.29, 1.82) is 0 Å². The first-order valence-corrected chi connectivity index (χ1v) is 7.09. The van der Waals surface area contributed by atoms with Crippen molar-refractivity contribution in [2.45, 2.75) is 25.2 Å². The van der Waals surface area contributed by atoms with E-state index in [0.717, 1.165) is 11.3 Å². The molecule has 0 aromatic carbocycles. The smallest absolute Gasteiger partial charge is 0.274 e. The Balaban J connectivity index is 2.11. The first kappa shape index (κ1) is 13.8. The average Bonchev–Trinajstić information content (AvgIpc) is 2.97. The molecule has 0 bridgehead atoms. The molecular formula is C11H15N3O4S. The summed E-state index contributed by atoms with van der Waals surface area (Å²) in [6.07, 6.45) is 1.61. The summed E-state index contributed by atoms with van der Waals surface area (Å²) in [6.45, 7) is 1.65. The molecule has 104 valence electrons. The molecular weight excluding hydrogens is 270 g/mol. The van der Waals surface area contributed by atoms with Crippen molar-refractivity contribution >= 4 is 10.0 Å². The molecule has 0 atom stereocenters. The van der Waals surface area contributed by atoms with E-state index in [1.54, 1.807) is 17.9 Å². The molecule has 8 heteroatoms. The third-order valence-corrected chi connectivity index (χ3v) is 4.12. The molecule has 0 amide bonds. The van der Waals surface area contributed by atoms with E-state index in [-0.39, 0.29) is 24.0 Å². The molecule has 0 aliphatic rings. The second kappa shape index (κ2) is 5.16.